The predicted molar refractivity (Wildman–Crippen MR) is 61.7 cm³/mol. The summed E-state index contributed by atoms with van der Waals surface area (Å²) in [6.07, 6.45) is 1.19. The van der Waals surface area contributed by atoms with E-state index in [-0.39, 0.29) is 0 Å². The van der Waals surface area contributed by atoms with Gasteiger partial charge in [0, 0.05) is 13.1 Å². The molecule has 0 rings (SSSR count). The lowest BCUT2D eigenvalue weighted by Crippen LogP contribution is -2.26. The molecule has 0 aliphatic heterocycles. The fourth-order valence-electron chi connectivity index (χ4n) is 1.08. The largest absolute Gasteiger partial charge is 0.379 e. The highest BCUT2D eigenvalue weighted by Crippen LogP contribution is 1.85. The van der Waals surface area contributed by atoms with Gasteiger partial charge in [0.2, 0.25) is 0 Å². The summed E-state index contributed by atoms with van der Waals surface area (Å²) in [6, 6.07) is 0. The van der Waals surface area contributed by atoms with Gasteiger partial charge in [0.25, 0.3) is 0 Å². The van der Waals surface area contributed by atoms with Crippen LogP contribution in [0, 0.1) is 5.92 Å². The van der Waals surface area contributed by atoms with Gasteiger partial charge in [-0.15, -0.1) is 0 Å². The number of rotatable bonds is 10. The maximum absolute atomic E-state index is 5.44. The van der Waals surface area contributed by atoms with Gasteiger partial charge in [0.15, 0.2) is 0 Å². The monoisotopic (exact) mass is 202 g/mol. The molecule has 0 heterocycles. The normalized spacial score (nSPS) is 11.1. The van der Waals surface area contributed by atoms with E-state index in [1.165, 1.54) is 6.42 Å². The Hall–Kier alpha value is -0.120. The number of hydrogen-bond acceptors (Lipinski definition) is 3. The molecule has 0 bridgehead atoms. The van der Waals surface area contributed by atoms with E-state index in [2.05, 4.69) is 31.4 Å². The highest BCUT2D eigenvalue weighted by molar-refractivity contribution is 4.50. The van der Waals surface area contributed by atoms with Crippen molar-refractivity contribution >= 4 is 0 Å². The Morgan fingerprint density at radius 2 is 1.64 bits per heavy atom. The average molecular weight is 202 g/mol. The summed E-state index contributed by atoms with van der Waals surface area (Å²) in [5.41, 5.74) is 0. The third kappa shape index (κ3) is 11.9. The van der Waals surface area contributed by atoms with Crippen LogP contribution in [0.4, 0.5) is 0 Å². The van der Waals surface area contributed by atoms with Gasteiger partial charge >= 0.3 is 0 Å². The van der Waals surface area contributed by atoms with Gasteiger partial charge in [-0.3, -0.25) is 0 Å². The van der Waals surface area contributed by atoms with Crippen molar-refractivity contribution in [1.29, 1.82) is 0 Å². The van der Waals surface area contributed by atoms with E-state index in [1.807, 2.05) is 0 Å². The quantitative estimate of drug-likeness (QED) is 0.523. The molecule has 0 aliphatic carbocycles. The fraction of sp³-hybridized carbons (Fsp3) is 1.00. The van der Waals surface area contributed by atoms with Gasteiger partial charge in [0.05, 0.1) is 13.2 Å². The Morgan fingerprint density at radius 3 is 2.21 bits per heavy atom. The Balaban J connectivity index is 2.85. The van der Waals surface area contributed by atoms with Crippen LogP contribution in [0.3, 0.4) is 0 Å². The summed E-state index contributed by atoms with van der Waals surface area (Å²) >= 11 is 0. The SMILES string of the molecule is CCCNCCOCCNCC(C)C. The van der Waals surface area contributed by atoms with E-state index >= 15 is 0 Å². The highest BCUT2D eigenvalue weighted by atomic mass is 16.5. The number of nitrogens with one attached hydrogen (secondary N) is 2. The fourth-order valence-corrected chi connectivity index (χ4v) is 1.08. The lowest BCUT2D eigenvalue weighted by atomic mass is 10.2. The van der Waals surface area contributed by atoms with E-state index in [4.69, 9.17) is 4.74 Å². The first kappa shape index (κ1) is 13.9. The van der Waals surface area contributed by atoms with Crippen molar-refractivity contribution in [2.75, 3.05) is 39.4 Å². The summed E-state index contributed by atoms with van der Waals surface area (Å²) < 4.78 is 5.44. The zero-order chi connectivity index (χ0) is 10.6. The van der Waals surface area contributed by atoms with Crippen molar-refractivity contribution in [3.63, 3.8) is 0 Å². The van der Waals surface area contributed by atoms with Gasteiger partial charge in [-0.1, -0.05) is 20.8 Å². The van der Waals surface area contributed by atoms with Gasteiger partial charge in [-0.2, -0.15) is 0 Å². The minimum absolute atomic E-state index is 0.723. The Labute approximate surface area is 88.6 Å². The van der Waals surface area contributed by atoms with Crippen LogP contribution in [0.5, 0.6) is 0 Å². The maximum Gasteiger partial charge on any atom is 0.0591 e. The molecule has 0 atom stereocenters. The first-order valence-corrected chi connectivity index (χ1v) is 5.76. The molecule has 0 radical (unpaired) electrons. The summed E-state index contributed by atoms with van der Waals surface area (Å²) in [7, 11) is 0. The summed E-state index contributed by atoms with van der Waals surface area (Å²) in [5.74, 6) is 0.723. The van der Waals surface area contributed by atoms with Gasteiger partial charge < -0.3 is 15.4 Å². The van der Waals surface area contributed by atoms with Gasteiger partial charge in [-0.05, 0) is 25.4 Å². The first-order valence-electron chi connectivity index (χ1n) is 5.76. The molecule has 0 aromatic heterocycles. The van der Waals surface area contributed by atoms with Crippen LogP contribution >= 0.6 is 0 Å². The third-order valence-electron chi connectivity index (χ3n) is 1.83. The van der Waals surface area contributed by atoms with Crippen molar-refractivity contribution in [2.24, 2.45) is 5.92 Å². The van der Waals surface area contributed by atoms with E-state index < -0.39 is 0 Å². The number of ether oxygens (including phenoxy) is 1. The molecule has 0 aromatic carbocycles. The van der Waals surface area contributed by atoms with Crippen LogP contribution in [0.15, 0.2) is 0 Å². The Bertz CT molecular complexity index is 107. The minimum atomic E-state index is 0.723. The van der Waals surface area contributed by atoms with Crippen molar-refractivity contribution in [2.45, 2.75) is 27.2 Å². The molecule has 14 heavy (non-hydrogen) atoms. The molecule has 0 unspecified atom stereocenters. The molecule has 0 saturated heterocycles. The molecule has 2 N–H and O–H groups in total. The third-order valence-corrected chi connectivity index (χ3v) is 1.83. The highest BCUT2D eigenvalue weighted by Gasteiger charge is 1.92. The molecule has 0 spiro atoms. The second kappa shape index (κ2) is 11.0. The molecule has 0 aliphatic rings. The van der Waals surface area contributed by atoms with E-state index in [1.54, 1.807) is 0 Å². The molecule has 86 valence electrons. The van der Waals surface area contributed by atoms with Crippen LogP contribution in [-0.2, 0) is 4.74 Å². The summed E-state index contributed by atoms with van der Waals surface area (Å²) in [5, 5.41) is 6.64. The van der Waals surface area contributed by atoms with Crippen LogP contribution in [0.1, 0.15) is 27.2 Å². The predicted octanol–water partition coefficient (Wildman–Crippen LogP) is 1.25. The smallest absolute Gasteiger partial charge is 0.0591 e. The van der Waals surface area contributed by atoms with Crippen LogP contribution in [0.2, 0.25) is 0 Å². The summed E-state index contributed by atoms with van der Waals surface area (Å²) in [4.78, 5) is 0. The average Bonchev–Trinajstić information content (AvgIpc) is 2.15. The van der Waals surface area contributed by atoms with E-state index in [0.717, 1.165) is 45.3 Å². The Kier molecular flexibility index (Phi) is 10.9. The summed E-state index contributed by atoms with van der Waals surface area (Å²) in [6.45, 7) is 12.3. The van der Waals surface area contributed by atoms with Crippen LogP contribution in [-0.4, -0.2) is 39.4 Å². The second-order valence-electron chi connectivity index (χ2n) is 3.96. The maximum atomic E-state index is 5.44. The minimum Gasteiger partial charge on any atom is -0.379 e. The molecular weight excluding hydrogens is 176 g/mol. The standard InChI is InChI=1S/C11H26N2O/c1-4-5-12-6-8-14-9-7-13-10-11(2)3/h11-13H,4-10H2,1-3H3. The van der Waals surface area contributed by atoms with E-state index in [0.29, 0.717) is 0 Å². The van der Waals surface area contributed by atoms with Crippen molar-refractivity contribution < 1.29 is 4.74 Å². The van der Waals surface area contributed by atoms with E-state index in [9.17, 15) is 0 Å². The molecule has 3 heteroatoms. The molecule has 0 saturated carbocycles. The van der Waals surface area contributed by atoms with Crippen LogP contribution < -0.4 is 10.6 Å². The van der Waals surface area contributed by atoms with Crippen molar-refractivity contribution in [1.82, 2.24) is 10.6 Å². The second-order valence-corrected chi connectivity index (χ2v) is 3.96. The lowest BCUT2D eigenvalue weighted by molar-refractivity contribution is 0.137. The number of hydrogen-bond donors (Lipinski definition) is 2. The molecule has 0 amide bonds. The Morgan fingerprint density at radius 1 is 1.00 bits per heavy atom. The van der Waals surface area contributed by atoms with Gasteiger partial charge in [0.1, 0.15) is 0 Å². The zero-order valence-electron chi connectivity index (χ0n) is 9.94. The van der Waals surface area contributed by atoms with Crippen LogP contribution in [0.25, 0.3) is 0 Å². The molecule has 3 nitrogen and oxygen atoms in total. The molecule has 0 fully saturated rings. The van der Waals surface area contributed by atoms with Crippen molar-refractivity contribution in [3.8, 4) is 0 Å². The van der Waals surface area contributed by atoms with Gasteiger partial charge in [-0.25, -0.2) is 0 Å². The first-order chi connectivity index (χ1) is 6.77. The topological polar surface area (TPSA) is 33.3 Å². The lowest BCUT2D eigenvalue weighted by Gasteiger charge is -2.08. The zero-order valence-corrected chi connectivity index (χ0v) is 9.94. The molecule has 0 aromatic rings. The molecular formula is C11H26N2O. The van der Waals surface area contributed by atoms with Crippen molar-refractivity contribution in [3.05, 3.63) is 0 Å².